The lowest BCUT2D eigenvalue weighted by atomic mass is 10.1. The van der Waals surface area contributed by atoms with Gasteiger partial charge in [-0.25, -0.2) is 0 Å². The van der Waals surface area contributed by atoms with Gasteiger partial charge in [-0.2, -0.15) is 0 Å². The van der Waals surface area contributed by atoms with Gasteiger partial charge in [0.15, 0.2) is 0 Å². The lowest BCUT2D eigenvalue weighted by molar-refractivity contribution is 0.325. The Morgan fingerprint density at radius 3 is 2.76 bits per heavy atom. The van der Waals surface area contributed by atoms with Crippen LogP contribution in [0.5, 0.6) is 0 Å². The largest absolute Gasteiger partial charge is 0.316 e. The first-order valence-corrected chi connectivity index (χ1v) is 6.80. The summed E-state index contributed by atoms with van der Waals surface area (Å²) in [5, 5.41) is 4.18. The van der Waals surface area contributed by atoms with E-state index in [2.05, 4.69) is 29.4 Å². The van der Waals surface area contributed by atoms with Gasteiger partial charge >= 0.3 is 0 Å². The Kier molecular flexibility index (Phi) is 4.84. The van der Waals surface area contributed by atoms with Gasteiger partial charge in [0.05, 0.1) is 0 Å². The summed E-state index contributed by atoms with van der Waals surface area (Å²) >= 11 is 5.87. The Balaban J connectivity index is 1.68. The van der Waals surface area contributed by atoms with Crippen LogP contribution >= 0.6 is 11.6 Å². The maximum atomic E-state index is 5.87. The van der Waals surface area contributed by atoms with E-state index in [1.54, 1.807) is 0 Å². The van der Waals surface area contributed by atoms with Gasteiger partial charge in [-0.15, -0.1) is 0 Å². The van der Waals surface area contributed by atoms with Crippen LogP contribution < -0.4 is 5.32 Å². The molecule has 2 nitrogen and oxygen atoms in total. The molecule has 1 atom stereocenters. The predicted octanol–water partition coefficient (Wildman–Crippen LogP) is 2.57. The maximum Gasteiger partial charge on any atom is 0.0406 e. The minimum Gasteiger partial charge on any atom is -0.316 e. The first kappa shape index (κ1) is 12.9. The number of benzene rings is 1. The number of aryl methyl sites for hydroxylation is 1. The van der Waals surface area contributed by atoms with Crippen molar-refractivity contribution in [2.75, 3.05) is 26.7 Å². The molecule has 0 saturated carbocycles. The zero-order valence-corrected chi connectivity index (χ0v) is 11.2. The summed E-state index contributed by atoms with van der Waals surface area (Å²) in [6.45, 7) is 3.66. The minimum atomic E-state index is 0.700. The summed E-state index contributed by atoms with van der Waals surface area (Å²) < 4.78 is 0. The lowest BCUT2D eigenvalue weighted by Gasteiger charge is -2.15. The molecule has 0 spiro atoms. The molecule has 0 radical (unpaired) electrons. The van der Waals surface area contributed by atoms with Crippen LogP contribution in [0.1, 0.15) is 18.4 Å². The summed E-state index contributed by atoms with van der Waals surface area (Å²) in [7, 11) is 2.06. The third kappa shape index (κ3) is 3.98. The van der Waals surface area contributed by atoms with Crippen LogP contribution in [0.3, 0.4) is 0 Å². The maximum absolute atomic E-state index is 5.87. The predicted molar refractivity (Wildman–Crippen MR) is 73.7 cm³/mol. The highest BCUT2D eigenvalue weighted by molar-refractivity contribution is 6.30. The molecule has 1 aromatic carbocycles. The number of nitrogens with one attached hydrogen (secondary N) is 1. The molecule has 17 heavy (non-hydrogen) atoms. The molecule has 1 aliphatic rings. The van der Waals surface area contributed by atoms with Gasteiger partial charge in [0, 0.05) is 17.6 Å². The van der Waals surface area contributed by atoms with Crippen molar-refractivity contribution in [1.82, 2.24) is 10.2 Å². The van der Waals surface area contributed by atoms with Crippen LogP contribution in [0, 0.1) is 0 Å². The van der Waals surface area contributed by atoms with E-state index in [1.165, 1.54) is 38.0 Å². The molecular formula is C14H21ClN2. The molecule has 0 amide bonds. The Bertz CT molecular complexity index is 337. The summed E-state index contributed by atoms with van der Waals surface area (Å²) in [5.41, 5.74) is 1.39. The van der Waals surface area contributed by atoms with Gasteiger partial charge in [-0.05, 0) is 57.1 Å². The molecule has 1 aliphatic heterocycles. The smallest absolute Gasteiger partial charge is 0.0406 e. The van der Waals surface area contributed by atoms with Gasteiger partial charge in [0.1, 0.15) is 0 Å². The van der Waals surface area contributed by atoms with Crippen molar-refractivity contribution in [3.05, 3.63) is 34.9 Å². The van der Waals surface area contributed by atoms with Gasteiger partial charge in [0.25, 0.3) is 0 Å². The van der Waals surface area contributed by atoms with Crippen molar-refractivity contribution in [2.45, 2.75) is 25.3 Å². The van der Waals surface area contributed by atoms with Crippen LogP contribution in [0.15, 0.2) is 24.3 Å². The van der Waals surface area contributed by atoms with E-state index in [4.69, 9.17) is 11.6 Å². The molecule has 0 bridgehead atoms. The second kappa shape index (κ2) is 6.39. The molecule has 0 aliphatic carbocycles. The third-order valence-corrected chi connectivity index (χ3v) is 3.79. The first-order chi connectivity index (χ1) is 8.28. The second-order valence-electron chi connectivity index (χ2n) is 4.80. The van der Waals surface area contributed by atoms with E-state index in [-0.39, 0.29) is 0 Å². The number of hydrogen-bond acceptors (Lipinski definition) is 2. The summed E-state index contributed by atoms with van der Waals surface area (Å²) in [6, 6.07) is 8.91. The van der Waals surface area contributed by atoms with Crippen LogP contribution in [0.25, 0.3) is 0 Å². The van der Waals surface area contributed by atoms with Crippen LogP contribution in [0.2, 0.25) is 5.02 Å². The number of rotatable bonds is 5. The Hall–Kier alpha value is -0.570. The highest BCUT2D eigenvalue weighted by Gasteiger charge is 2.19. The Morgan fingerprint density at radius 2 is 2.12 bits per heavy atom. The van der Waals surface area contributed by atoms with Crippen LogP contribution in [-0.4, -0.2) is 37.6 Å². The summed E-state index contributed by atoms with van der Waals surface area (Å²) in [4.78, 5) is 2.55. The van der Waals surface area contributed by atoms with E-state index in [0.29, 0.717) is 6.04 Å². The van der Waals surface area contributed by atoms with E-state index in [9.17, 15) is 0 Å². The fraction of sp³-hybridized carbons (Fsp3) is 0.571. The van der Waals surface area contributed by atoms with Crippen molar-refractivity contribution >= 4 is 11.6 Å². The molecular weight excluding hydrogens is 232 g/mol. The van der Waals surface area contributed by atoms with Crippen molar-refractivity contribution in [3.8, 4) is 0 Å². The second-order valence-corrected chi connectivity index (χ2v) is 5.24. The zero-order chi connectivity index (χ0) is 12.1. The van der Waals surface area contributed by atoms with Gasteiger partial charge in [0.2, 0.25) is 0 Å². The number of nitrogens with zero attached hydrogens (tertiary/aromatic N) is 1. The van der Waals surface area contributed by atoms with Crippen molar-refractivity contribution < 1.29 is 0 Å². The SMILES string of the molecule is CN[C@@H]1CCN(CCCc2ccc(Cl)cc2)C1. The van der Waals surface area contributed by atoms with Crippen LogP contribution in [-0.2, 0) is 6.42 Å². The molecule has 1 saturated heterocycles. The van der Waals surface area contributed by atoms with Gasteiger partial charge in [-0.3, -0.25) is 0 Å². The fourth-order valence-corrected chi connectivity index (χ4v) is 2.56. The third-order valence-electron chi connectivity index (χ3n) is 3.53. The zero-order valence-electron chi connectivity index (χ0n) is 10.5. The molecule has 0 unspecified atom stereocenters. The van der Waals surface area contributed by atoms with E-state index in [1.807, 2.05) is 12.1 Å². The average molecular weight is 253 g/mol. The number of hydrogen-bond donors (Lipinski definition) is 1. The van der Waals surface area contributed by atoms with Crippen molar-refractivity contribution in [2.24, 2.45) is 0 Å². The topological polar surface area (TPSA) is 15.3 Å². The van der Waals surface area contributed by atoms with E-state index < -0.39 is 0 Å². The first-order valence-electron chi connectivity index (χ1n) is 6.42. The molecule has 2 rings (SSSR count). The number of likely N-dealkylation sites (N-methyl/N-ethyl adjacent to an activating group) is 1. The van der Waals surface area contributed by atoms with Gasteiger partial charge < -0.3 is 10.2 Å². The number of halogens is 1. The molecule has 3 heteroatoms. The quantitative estimate of drug-likeness (QED) is 0.867. The molecule has 1 heterocycles. The average Bonchev–Trinajstić information content (AvgIpc) is 2.80. The Morgan fingerprint density at radius 1 is 1.35 bits per heavy atom. The minimum absolute atomic E-state index is 0.700. The standard InChI is InChI=1S/C14H21ClN2/c1-16-14-8-10-17(11-14)9-2-3-12-4-6-13(15)7-5-12/h4-7,14,16H,2-3,8-11H2,1H3/t14-/m1/s1. The Labute approximate surface area is 109 Å². The van der Waals surface area contributed by atoms with E-state index >= 15 is 0 Å². The molecule has 1 fully saturated rings. The normalized spacial score (nSPS) is 20.9. The molecule has 0 aromatic heterocycles. The molecule has 1 N–H and O–H groups in total. The van der Waals surface area contributed by atoms with Crippen molar-refractivity contribution in [1.29, 1.82) is 0 Å². The fourth-order valence-electron chi connectivity index (χ4n) is 2.43. The highest BCUT2D eigenvalue weighted by Crippen LogP contribution is 2.13. The van der Waals surface area contributed by atoms with Crippen molar-refractivity contribution in [3.63, 3.8) is 0 Å². The van der Waals surface area contributed by atoms with Crippen LogP contribution in [0.4, 0.5) is 0 Å². The highest BCUT2D eigenvalue weighted by atomic mass is 35.5. The van der Waals surface area contributed by atoms with Gasteiger partial charge in [-0.1, -0.05) is 23.7 Å². The summed E-state index contributed by atoms with van der Waals surface area (Å²) in [5.74, 6) is 0. The molecule has 94 valence electrons. The molecule has 1 aromatic rings. The monoisotopic (exact) mass is 252 g/mol. The number of likely N-dealkylation sites (tertiary alicyclic amines) is 1. The summed E-state index contributed by atoms with van der Waals surface area (Å²) in [6.07, 6.45) is 3.67. The lowest BCUT2D eigenvalue weighted by Crippen LogP contribution is -2.30. The van der Waals surface area contributed by atoms with E-state index in [0.717, 1.165) is 11.4 Å².